The maximum atomic E-state index is 13.8. The summed E-state index contributed by atoms with van der Waals surface area (Å²) in [5.74, 6) is -0.251. The summed E-state index contributed by atoms with van der Waals surface area (Å²) in [7, 11) is 0. The van der Waals surface area contributed by atoms with Gasteiger partial charge in [0.1, 0.15) is 5.82 Å². The Morgan fingerprint density at radius 3 is 2.94 bits per heavy atom. The van der Waals surface area contributed by atoms with Crippen molar-refractivity contribution in [2.24, 2.45) is 0 Å². The first-order chi connectivity index (χ1) is 8.10. The van der Waals surface area contributed by atoms with E-state index in [1.165, 1.54) is 6.07 Å². The molecular weight excluding hydrogens is 219 g/mol. The highest BCUT2D eigenvalue weighted by molar-refractivity contribution is 5.94. The third kappa shape index (κ3) is 2.57. The van der Waals surface area contributed by atoms with Crippen molar-refractivity contribution in [2.75, 3.05) is 10.6 Å². The molecule has 0 aromatic heterocycles. The minimum atomic E-state index is -0.250. The number of aryl methyl sites for hydroxylation is 1. The minimum absolute atomic E-state index is 0.00130. The first-order valence-corrected chi connectivity index (χ1v) is 5.99. The number of rotatable bonds is 3. The summed E-state index contributed by atoms with van der Waals surface area (Å²) in [6.07, 6.45) is 1.97. The Labute approximate surface area is 100 Å². The van der Waals surface area contributed by atoms with E-state index in [9.17, 15) is 9.18 Å². The Morgan fingerprint density at radius 1 is 1.47 bits per heavy atom. The standard InChI is InChI=1S/C13H17FN2O/c1-3-8(2)15-12-7-11-9(6-10(12)14)4-5-13(17)16-11/h6-8,15H,3-5H2,1-2H3,(H,16,17). The number of hydrogen-bond donors (Lipinski definition) is 2. The smallest absolute Gasteiger partial charge is 0.224 e. The van der Waals surface area contributed by atoms with E-state index in [2.05, 4.69) is 10.6 Å². The van der Waals surface area contributed by atoms with Gasteiger partial charge in [0.2, 0.25) is 5.91 Å². The Hall–Kier alpha value is -1.58. The van der Waals surface area contributed by atoms with Crippen LogP contribution in [0, 0.1) is 5.82 Å². The zero-order chi connectivity index (χ0) is 12.4. The molecule has 0 radical (unpaired) electrons. The van der Waals surface area contributed by atoms with Crippen LogP contribution in [0.15, 0.2) is 12.1 Å². The molecule has 0 spiro atoms. The van der Waals surface area contributed by atoms with Crippen molar-refractivity contribution in [1.29, 1.82) is 0 Å². The third-order valence-corrected chi connectivity index (χ3v) is 3.10. The van der Waals surface area contributed by atoms with Gasteiger partial charge in [-0.2, -0.15) is 0 Å². The van der Waals surface area contributed by atoms with E-state index >= 15 is 0 Å². The fourth-order valence-corrected chi connectivity index (χ4v) is 1.88. The van der Waals surface area contributed by atoms with Crippen molar-refractivity contribution < 1.29 is 9.18 Å². The van der Waals surface area contributed by atoms with Gasteiger partial charge in [-0.15, -0.1) is 0 Å². The molecule has 17 heavy (non-hydrogen) atoms. The lowest BCUT2D eigenvalue weighted by molar-refractivity contribution is -0.116. The Morgan fingerprint density at radius 2 is 2.24 bits per heavy atom. The molecule has 1 aromatic rings. The lowest BCUT2D eigenvalue weighted by Crippen LogP contribution is -2.20. The number of carbonyl (C=O) groups excluding carboxylic acids is 1. The molecule has 3 nitrogen and oxygen atoms in total. The van der Waals surface area contributed by atoms with Crippen LogP contribution in [0.4, 0.5) is 15.8 Å². The molecular formula is C13H17FN2O. The van der Waals surface area contributed by atoms with Crippen molar-refractivity contribution in [2.45, 2.75) is 39.2 Å². The van der Waals surface area contributed by atoms with Gasteiger partial charge in [0, 0.05) is 18.2 Å². The van der Waals surface area contributed by atoms with Gasteiger partial charge in [-0.25, -0.2) is 4.39 Å². The number of anilines is 2. The highest BCUT2D eigenvalue weighted by Crippen LogP contribution is 2.29. The molecule has 2 rings (SSSR count). The zero-order valence-electron chi connectivity index (χ0n) is 10.1. The highest BCUT2D eigenvalue weighted by Gasteiger charge is 2.17. The molecule has 2 N–H and O–H groups in total. The zero-order valence-corrected chi connectivity index (χ0v) is 10.1. The highest BCUT2D eigenvalue weighted by atomic mass is 19.1. The van der Waals surface area contributed by atoms with Gasteiger partial charge in [-0.1, -0.05) is 6.92 Å². The van der Waals surface area contributed by atoms with Crippen LogP contribution in [0.1, 0.15) is 32.3 Å². The number of fused-ring (bicyclic) bond motifs is 1. The number of hydrogen-bond acceptors (Lipinski definition) is 2. The predicted molar refractivity (Wildman–Crippen MR) is 66.7 cm³/mol. The first-order valence-electron chi connectivity index (χ1n) is 5.99. The van der Waals surface area contributed by atoms with Crippen LogP contribution >= 0.6 is 0 Å². The second-order valence-corrected chi connectivity index (χ2v) is 4.49. The third-order valence-electron chi connectivity index (χ3n) is 3.10. The van der Waals surface area contributed by atoms with Gasteiger partial charge in [-0.3, -0.25) is 4.79 Å². The van der Waals surface area contributed by atoms with E-state index in [-0.39, 0.29) is 17.8 Å². The van der Waals surface area contributed by atoms with Crippen molar-refractivity contribution in [3.8, 4) is 0 Å². The molecule has 1 aliphatic heterocycles. The molecule has 1 atom stereocenters. The normalized spacial score (nSPS) is 16.1. The van der Waals surface area contributed by atoms with E-state index in [1.54, 1.807) is 6.07 Å². The average Bonchev–Trinajstić information content (AvgIpc) is 2.30. The van der Waals surface area contributed by atoms with Crippen LogP contribution in [0.3, 0.4) is 0 Å². The van der Waals surface area contributed by atoms with Crippen LogP contribution in [0.25, 0.3) is 0 Å². The summed E-state index contributed by atoms with van der Waals surface area (Å²) in [5, 5.41) is 5.87. The molecule has 1 heterocycles. The van der Waals surface area contributed by atoms with E-state index in [4.69, 9.17) is 0 Å². The van der Waals surface area contributed by atoms with Crippen molar-refractivity contribution in [1.82, 2.24) is 0 Å². The Bertz CT molecular complexity index is 445. The van der Waals surface area contributed by atoms with Crippen molar-refractivity contribution >= 4 is 17.3 Å². The minimum Gasteiger partial charge on any atom is -0.380 e. The summed E-state index contributed by atoms with van der Waals surface area (Å²) in [6.45, 7) is 4.03. The summed E-state index contributed by atoms with van der Waals surface area (Å²) < 4.78 is 13.8. The largest absolute Gasteiger partial charge is 0.380 e. The molecule has 0 saturated carbocycles. The second kappa shape index (κ2) is 4.73. The second-order valence-electron chi connectivity index (χ2n) is 4.49. The summed E-state index contributed by atoms with van der Waals surface area (Å²) >= 11 is 0. The maximum absolute atomic E-state index is 13.8. The van der Waals surface area contributed by atoms with Gasteiger partial charge >= 0.3 is 0 Å². The molecule has 1 aliphatic rings. The fourth-order valence-electron chi connectivity index (χ4n) is 1.88. The van der Waals surface area contributed by atoms with Crippen LogP contribution in [0.5, 0.6) is 0 Å². The average molecular weight is 236 g/mol. The van der Waals surface area contributed by atoms with Crippen LogP contribution in [-0.2, 0) is 11.2 Å². The van der Waals surface area contributed by atoms with Crippen molar-refractivity contribution in [3.05, 3.63) is 23.5 Å². The van der Waals surface area contributed by atoms with Crippen LogP contribution in [-0.4, -0.2) is 11.9 Å². The molecule has 4 heteroatoms. The molecule has 0 aliphatic carbocycles. The Balaban J connectivity index is 2.29. The van der Waals surface area contributed by atoms with Crippen LogP contribution < -0.4 is 10.6 Å². The molecule has 0 bridgehead atoms. The fraction of sp³-hybridized carbons (Fsp3) is 0.462. The quantitative estimate of drug-likeness (QED) is 0.847. The number of nitrogens with one attached hydrogen (secondary N) is 2. The first kappa shape index (κ1) is 11.9. The lowest BCUT2D eigenvalue weighted by atomic mass is 10.0. The van der Waals surface area contributed by atoms with E-state index in [1.807, 2.05) is 13.8 Å². The summed E-state index contributed by atoms with van der Waals surface area (Å²) in [6, 6.07) is 3.41. The molecule has 0 saturated heterocycles. The SMILES string of the molecule is CCC(C)Nc1cc2c(cc1F)CCC(=O)N2. The maximum Gasteiger partial charge on any atom is 0.224 e. The monoisotopic (exact) mass is 236 g/mol. The molecule has 1 aromatic carbocycles. The summed E-state index contributed by atoms with van der Waals surface area (Å²) in [5.41, 5.74) is 2.06. The van der Waals surface area contributed by atoms with Gasteiger partial charge in [-0.05, 0) is 37.5 Å². The van der Waals surface area contributed by atoms with Gasteiger partial charge in [0.15, 0.2) is 0 Å². The Kier molecular flexibility index (Phi) is 3.31. The molecule has 0 fully saturated rings. The molecule has 1 amide bonds. The molecule has 92 valence electrons. The number of amides is 1. The summed E-state index contributed by atoms with van der Waals surface area (Å²) in [4.78, 5) is 11.3. The predicted octanol–water partition coefficient (Wildman–Crippen LogP) is 2.92. The van der Waals surface area contributed by atoms with Crippen LogP contribution in [0.2, 0.25) is 0 Å². The van der Waals surface area contributed by atoms with E-state index in [0.29, 0.717) is 18.5 Å². The van der Waals surface area contributed by atoms with E-state index < -0.39 is 0 Å². The number of benzene rings is 1. The van der Waals surface area contributed by atoms with Gasteiger partial charge < -0.3 is 10.6 Å². The molecule has 1 unspecified atom stereocenters. The number of halogens is 1. The van der Waals surface area contributed by atoms with Gasteiger partial charge in [0.05, 0.1) is 5.69 Å². The van der Waals surface area contributed by atoms with Crippen molar-refractivity contribution in [3.63, 3.8) is 0 Å². The lowest BCUT2D eigenvalue weighted by Gasteiger charge is -2.20. The van der Waals surface area contributed by atoms with E-state index in [0.717, 1.165) is 17.7 Å². The topological polar surface area (TPSA) is 41.1 Å². The van der Waals surface area contributed by atoms with Gasteiger partial charge in [0.25, 0.3) is 0 Å². The number of carbonyl (C=O) groups is 1.